The first kappa shape index (κ1) is 30.8. The van der Waals surface area contributed by atoms with Crippen molar-refractivity contribution in [1.29, 1.82) is 0 Å². The normalized spacial score (nSPS) is 16.1. The molecule has 0 spiro atoms. The predicted octanol–water partition coefficient (Wildman–Crippen LogP) is 10.9. The minimum atomic E-state index is 0.0220. The van der Waals surface area contributed by atoms with Gasteiger partial charge in [0.2, 0.25) is 11.4 Å². The number of rotatable bonds is 5. The van der Waals surface area contributed by atoms with Gasteiger partial charge in [-0.3, -0.25) is 0 Å². The van der Waals surface area contributed by atoms with Crippen LogP contribution in [0.1, 0.15) is 71.8 Å². The molecule has 0 fully saturated rings. The van der Waals surface area contributed by atoms with Gasteiger partial charge in [-0.25, -0.2) is 4.57 Å². The summed E-state index contributed by atoms with van der Waals surface area (Å²) in [6.07, 6.45) is 8.56. The zero-order valence-corrected chi connectivity index (χ0v) is 30.0. The lowest BCUT2D eigenvalue weighted by Gasteiger charge is -2.29. The third kappa shape index (κ3) is 4.76. The summed E-state index contributed by atoms with van der Waals surface area (Å²) in [6, 6.07) is 27.5. The van der Waals surface area contributed by atoms with Crippen LogP contribution in [0, 0.1) is 20.8 Å². The Morgan fingerprint density at radius 1 is 0.896 bits per heavy atom. The van der Waals surface area contributed by atoms with E-state index in [0.29, 0.717) is 5.92 Å². The van der Waals surface area contributed by atoms with Crippen LogP contribution in [0.4, 0.5) is 0 Å². The second-order valence-corrected chi connectivity index (χ2v) is 16.1. The molecule has 0 saturated heterocycles. The van der Waals surface area contributed by atoms with E-state index >= 15 is 0 Å². The van der Waals surface area contributed by atoms with Crippen molar-refractivity contribution in [3.05, 3.63) is 131 Å². The average molecular weight is 649 g/mol. The van der Waals surface area contributed by atoms with Gasteiger partial charge in [0.1, 0.15) is 18.2 Å². The summed E-state index contributed by atoms with van der Waals surface area (Å²) in [5, 5.41) is 3.63. The fraction of sp³-hybridized carbons (Fsp3) is 0.273. The molecule has 48 heavy (non-hydrogen) atoms. The van der Waals surface area contributed by atoms with Gasteiger partial charge in [0.05, 0.1) is 11.5 Å². The molecule has 4 aromatic heterocycles. The zero-order chi connectivity index (χ0) is 33.5. The molecule has 0 aliphatic carbocycles. The van der Waals surface area contributed by atoms with Crippen molar-refractivity contribution in [1.82, 2.24) is 0 Å². The smallest absolute Gasteiger partial charge is 0.216 e. The van der Waals surface area contributed by atoms with Crippen LogP contribution in [0.3, 0.4) is 0 Å². The third-order valence-corrected chi connectivity index (χ3v) is 11.9. The Labute approximate surface area is 287 Å². The van der Waals surface area contributed by atoms with Gasteiger partial charge in [-0.15, -0.1) is 11.3 Å². The summed E-state index contributed by atoms with van der Waals surface area (Å²) in [5.41, 5.74) is 13.6. The quantitative estimate of drug-likeness (QED) is 0.134. The highest BCUT2D eigenvalue weighted by atomic mass is 32.1. The number of fused-ring (bicyclic) bond motifs is 8. The Balaban J connectivity index is 1.33. The second kappa shape index (κ2) is 11.3. The number of furan rings is 1. The fourth-order valence-electron chi connectivity index (χ4n) is 8.01. The van der Waals surface area contributed by atoms with Gasteiger partial charge in [-0.1, -0.05) is 57.7 Å². The van der Waals surface area contributed by atoms with Gasteiger partial charge >= 0.3 is 0 Å². The number of hydrogen-bond acceptors (Lipinski definition) is 2. The van der Waals surface area contributed by atoms with Crippen molar-refractivity contribution in [3.63, 3.8) is 0 Å². The van der Waals surface area contributed by atoms with E-state index in [1.807, 2.05) is 11.3 Å². The molecule has 1 aliphatic heterocycles. The van der Waals surface area contributed by atoms with Crippen molar-refractivity contribution in [2.24, 2.45) is 7.05 Å². The lowest BCUT2D eigenvalue weighted by Crippen LogP contribution is -2.46. The number of nitrogens with zero attached hydrogens (tertiary/aromatic N) is 2. The van der Waals surface area contributed by atoms with Crippen LogP contribution in [0.2, 0.25) is 0 Å². The number of pyridine rings is 2. The molecule has 0 N–H and O–H groups in total. The molecular formula is C44H44N2OS+2. The van der Waals surface area contributed by atoms with Crippen LogP contribution in [0.15, 0.2) is 102 Å². The van der Waals surface area contributed by atoms with E-state index in [1.165, 1.54) is 76.1 Å². The minimum absolute atomic E-state index is 0.0220. The highest BCUT2D eigenvalue weighted by Crippen LogP contribution is 2.45. The van der Waals surface area contributed by atoms with Crippen molar-refractivity contribution in [3.8, 4) is 22.5 Å². The summed E-state index contributed by atoms with van der Waals surface area (Å²) in [6.45, 7) is 17.9. The van der Waals surface area contributed by atoms with Gasteiger partial charge in [-0.05, 0) is 91.6 Å². The maximum absolute atomic E-state index is 7.09. The molecule has 8 rings (SSSR count). The van der Waals surface area contributed by atoms with Crippen LogP contribution >= 0.6 is 11.3 Å². The summed E-state index contributed by atoms with van der Waals surface area (Å²) in [4.78, 5) is 1.35. The number of hydrogen-bond donors (Lipinski definition) is 0. The number of thiophene rings is 1. The molecule has 2 unspecified atom stereocenters. The second-order valence-electron chi connectivity index (χ2n) is 14.8. The predicted molar refractivity (Wildman–Crippen MR) is 201 cm³/mol. The SMILES string of the molecule is C=CC1C(CCc2ccc3c(oc4c3ccc3sc(C)c(C)c34)c2-c2cc(C(C)(C)C)cc[n+]2C)c2ccccc2-c2ccc(C)c[n+]21. The van der Waals surface area contributed by atoms with Crippen molar-refractivity contribution >= 4 is 43.4 Å². The van der Waals surface area contributed by atoms with E-state index in [2.05, 4.69) is 156 Å². The number of aryl methyl sites for hydroxylation is 5. The van der Waals surface area contributed by atoms with E-state index in [0.717, 1.165) is 24.0 Å². The maximum Gasteiger partial charge on any atom is 0.216 e. The summed E-state index contributed by atoms with van der Waals surface area (Å²) < 4.78 is 13.1. The summed E-state index contributed by atoms with van der Waals surface area (Å²) >= 11 is 1.86. The minimum Gasteiger partial charge on any atom is -0.454 e. The molecule has 240 valence electrons. The van der Waals surface area contributed by atoms with Crippen LogP contribution in [-0.2, 0) is 18.9 Å². The van der Waals surface area contributed by atoms with Gasteiger partial charge in [0.15, 0.2) is 18.4 Å². The van der Waals surface area contributed by atoms with Crippen molar-refractivity contribution in [2.45, 2.75) is 71.8 Å². The van der Waals surface area contributed by atoms with Crippen molar-refractivity contribution < 1.29 is 13.6 Å². The van der Waals surface area contributed by atoms with Gasteiger partial charge < -0.3 is 4.42 Å². The Morgan fingerprint density at radius 3 is 2.46 bits per heavy atom. The van der Waals surface area contributed by atoms with E-state index in [1.54, 1.807) is 0 Å². The Morgan fingerprint density at radius 2 is 1.67 bits per heavy atom. The Kier molecular flexibility index (Phi) is 7.23. The molecule has 0 saturated carbocycles. The largest absolute Gasteiger partial charge is 0.454 e. The Bertz CT molecular complexity index is 2420. The summed E-state index contributed by atoms with van der Waals surface area (Å²) in [5.74, 6) is 0.294. The lowest BCUT2D eigenvalue weighted by atomic mass is 9.79. The van der Waals surface area contributed by atoms with Crippen LogP contribution < -0.4 is 9.13 Å². The molecule has 3 aromatic carbocycles. The summed E-state index contributed by atoms with van der Waals surface area (Å²) in [7, 11) is 2.17. The Hall–Kier alpha value is -4.54. The average Bonchev–Trinajstić information content (AvgIpc) is 3.58. The highest BCUT2D eigenvalue weighted by Gasteiger charge is 2.38. The first-order chi connectivity index (χ1) is 23.0. The monoisotopic (exact) mass is 648 g/mol. The molecule has 0 bridgehead atoms. The molecule has 0 amide bonds. The molecule has 1 aliphatic rings. The zero-order valence-electron chi connectivity index (χ0n) is 29.1. The molecule has 7 aromatic rings. The molecular weight excluding hydrogens is 605 g/mol. The van der Waals surface area contributed by atoms with E-state index in [4.69, 9.17) is 4.42 Å². The number of benzene rings is 3. The lowest BCUT2D eigenvalue weighted by molar-refractivity contribution is -0.707. The number of aromatic nitrogens is 2. The van der Waals surface area contributed by atoms with E-state index in [9.17, 15) is 0 Å². The van der Waals surface area contributed by atoms with Gasteiger partial charge in [0, 0.05) is 55.1 Å². The van der Waals surface area contributed by atoms with Crippen molar-refractivity contribution in [2.75, 3.05) is 0 Å². The molecule has 3 nitrogen and oxygen atoms in total. The molecule has 2 atom stereocenters. The first-order valence-corrected chi connectivity index (χ1v) is 18.0. The molecule has 0 radical (unpaired) electrons. The first-order valence-electron chi connectivity index (χ1n) is 17.2. The van der Waals surface area contributed by atoms with Gasteiger partial charge in [0.25, 0.3) is 0 Å². The standard InChI is InChI=1S/C44H44N2OS/c1-9-36-33(31-12-10-11-13-32(31)37-20-14-26(2)25-46(36)37)17-15-29-16-18-34-35-19-21-39-40(27(3)28(4)48-39)42(35)47-43(34)41(29)38-24-30(44(5,6)7)22-23-45(38)8/h9-14,16,18-25,33,36H,1,15,17H2,2-8H3/q+2. The topological polar surface area (TPSA) is 20.9 Å². The van der Waals surface area contributed by atoms with Gasteiger partial charge in [-0.2, -0.15) is 4.57 Å². The number of allylic oxidation sites excluding steroid dienone is 1. The van der Waals surface area contributed by atoms with Crippen LogP contribution in [0.5, 0.6) is 0 Å². The van der Waals surface area contributed by atoms with E-state index < -0.39 is 0 Å². The van der Waals surface area contributed by atoms with Crippen LogP contribution in [0.25, 0.3) is 54.5 Å². The highest BCUT2D eigenvalue weighted by molar-refractivity contribution is 7.19. The van der Waals surface area contributed by atoms with E-state index in [-0.39, 0.29) is 11.5 Å². The fourth-order valence-corrected chi connectivity index (χ4v) is 9.08. The van der Waals surface area contributed by atoms with Crippen LogP contribution in [-0.4, -0.2) is 0 Å². The maximum atomic E-state index is 7.09. The third-order valence-electron chi connectivity index (χ3n) is 10.8. The molecule has 5 heterocycles. The molecule has 4 heteroatoms.